The van der Waals surface area contributed by atoms with Crippen molar-refractivity contribution in [3.8, 4) is 0 Å². The molecule has 0 aliphatic carbocycles. The van der Waals surface area contributed by atoms with Gasteiger partial charge < -0.3 is 14.0 Å². The molecule has 1 aromatic rings. The summed E-state index contributed by atoms with van der Waals surface area (Å²) in [6.07, 6.45) is -1.10. The van der Waals surface area contributed by atoms with Crippen molar-refractivity contribution in [1.82, 2.24) is 4.98 Å². The molecule has 0 bridgehead atoms. The van der Waals surface area contributed by atoms with Crippen LogP contribution < -0.4 is 5.32 Å². The topological polar surface area (TPSA) is 80.7 Å². The molecule has 0 saturated heterocycles. The highest BCUT2D eigenvalue weighted by molar-refractivity contribution is 6.74. The Labute approximate surface area is 172 Å². The van der Waals surface area contributed by atoms with Gasteiger partial charge in [-0.3, -0.25) is 10.3 Å². The first-order valence-electron chi connectivity index (χ1n) is 9.72. The van der Waals surface area contributed by atoms with Crippen LogP contribution >= 0.6 is 0 Å². The Morgan fingerprint density at radius 2 is 1.29 bits per heavy atom. The minimum Gasteiger partial charge on any atom is -0.465 e. The molecule has 1 rings (SSSR count). The molecule has 1 heterocycles. The molecular weight excluding hydrogens is 388 g/mol. The molecule has 6 nitrogen and oxygen atoms in total. The summed E-state index contributed by atoms with van der Waals surface area (Å²) in [7, 11) is -3.86. The van der Waals surface area contributed by atoms with Gasteiger partial charge in [0.2, 0.25) is 0 Å². The van der Waals surface area contributed by atoms with Gasteiger partial charge in [0.1, 0.15) is 0 Å². The lowest BCUT2D eigenvalue weighted by Crippen LogP contribution is -2.40. The van der Waals surface area contributed by atoms with E-state index in [1.165, 1.54) is 0 Å². The highest BCUT2D eigenvalue weighted by Crippen LogP contribution is 2.38. The first kappa shape index (κ1) is 24.8. The van der Waals surface area contributed by atoms with Crippen molar-refractivity contribution in [1.29, 1.82) is 0 Å². The number of hydrogen-bond acceptors (Lipinski definition) is 4. The Morgan fingerprint density at radius 1 is 0.929 bits per heavy atom. The van der Waals surface area contributed by atoms with Gasteiger partial charge in [-0.2, -0.15) is 0 Å². The monoisotopic (exact) mass is 426 g/mol. The van der Waals surface area contributed by atoms with E-state index in [9.17, 15) is 4.79 Å². The van der Waals surface area contributed by atoms with E-state index in [0.29, 0.717) is 30.3 Å². The number of amides is 1. The smallest absolute Gasteiger partial charge is 0.409 e. The first-order valence-corrected chi connectivity index (χ1v) is 15.5. The van der Waals surface area contributed by atoms with E-state index in [4.69, 9.17) is 14.0 Å². The summed E-state index contributed by atoms with van der Waals surface area (Å²) in [4.78, 5) is 15.8. The molecule has 2 N–H and O–H groups in total. The zero-order valence-corrected chi connectivity index (χ0v) is 21.2. The van der Waals surface area contributed by atoms with Crippen molar-refractivity contribution in [2.45, 2.75) is 91.0 Å². The maximum Gasteiger partial charge on any atom is 0.409 e. The molecule has 0 saturated carbocycles. The SMILES string of the molecule is CC(C)(C)[Si](C)(C)OCc1cc(NC(=O)O)cc(CO[Si](C)(C)C(C)(C)C)n1. The lowest BCUT2D eigenvalue weighted by molar-refractivity contribution is 0.209. The third-order valence-corrected chi connectivity index (χ3v) is 14.9. The van der Waals surface area contributed by atoms with Gasteiger partial charge in [0.15, 0.2) is 16.6 Å². The number of nitrogens with one attached hydrogen (secondary N) is 1. The number of nitrogens with zero attached hydrogens (tertiary/aromatic N) is 1. The lowest BCUT2D eigenvalue weighted by Gasteiger charge is -2.36. The van der Waals surface area contributed by atoms with Crippen LogP contribution in [-0.2, 0) is 22.1 Å². The molecule has 0 aliphatic heterocycles. The van der Waals surface area contributed by atoms with E-state index >= 15 is 0 Å². The zero-order chi connectivity index (χ0) is 22.0. The average molecular weight is 427 g/mol. The molecule has 0 spiro atoms. The van der Waals surface area contributed by atoms with Crippen LogP contribution in [-0.4, -0.2) is 32.8 Å². The van der Waals surface area contributed by atoms with E-state index in [-0.39, 0.29) is 10.1 Å². The molecule has 0 aromatic carbocycles. The number of aromatic nitrogens is 1. The van der Waals surface area contributed by atoms with Crippen molar-refractivity contribution in [2.75, 3.05) is 5.32 Å². The fourth-order valence-corrected chi connectivity index (χ4v) is 3.82. The summed E-state index contributed by atoms with van der Waals surface area (Å²) < 4.78 is 12.5. The molecular formula is C20H38N2O4Si2. The second-order valence-electron chi connectivity index (χ2n) is 10.4. The van der Waals surface area contributed by atoms with Crippen LogP contribution in [0.1, 0.15) is 52.9 Å². The highest BCUT2D eigenvalue weighted by atomic mass is 28.4. The number of pyridine rings is 1. The molecule has 1 amide bonds. The van der Waals surface area contributed by atoms with Crippen molar-refractivity contribution in [2.24, 2.45) is 0 Å². The fraction of sp³-hybridized carbons (Fsp3) is 0.700. The van der Waals surface area contributed by atoms with Crippen LogP contribution in [0, 0.1) is 0 Å². The standard InChI is InChI=1S/C20H38N2O4Si2/c1-19(2,3)27(7,8)25-13-16-11-15(22-18(23)24)12-17(21-16)14-26-28(9,10)20(4,5)6/h11-12H,13-14H2,1-10H3,(H,21,22)(H,23,24). The first-order chi connectivity index (χ1) is 12.4. The number of hydrogen-bond donors (Lipinski definition) is 2. The largest absolute Gasteiger partial charge is 0.465 e. The van der Waals surface area contributed by atoms with Crippen molar-refractivity contribution in [3.05, 3.63) is 23.5 Å². The van der Waals surface area contributed by atoms with E-state index < -0.39 is 22.7 Å². The van der Waals surface area contributed by atoms with Crippen molar-refractivity contribution >= 4 is 28.4 Å². The van der Waals surface area contributed by atoms with E-state index in [0.717, 1.165) is 0 Å². The molecule has 0 atom stereocenters. The number of carbonyl (C=O) groups is 1. The van der Waals surface area contributed by atoms with Crippen LogP contribution in [0.25, 0.3) is 0 Å². The number of carboxylic acid groups (broad SMARTS) is 1. The normalized spacial score (nSPS) is 13.5. The molecule has 0 aliphatic rings. The van der Waals surface area contributed by atoms with Gasteiger partial charge >= 0.3 is 6.09 Å². The van der Waals surface area contributed by atoms with E-state index in [1.54, 1.807) is 12.1 Å². The highest BCUT2D eigenvalue weighted by Gasteiger charge is 2.38. The quantitative estimate of drug-likeness (QED) is 0.506. The van der Waals surface area contributed by atoms with Gasteiger partial charge in [0.25, 0.3) is 0 Å². The Kier molecular flexibility index (Phi) is 7.66. The van der Waals surface area contributed by atoms with Gasteiger partial charge in [-0.1, -0.05) is 41.5 Å². The Morgan fingerprint density at radius 3 is 1.57 bits per heavy atom. The summed E-state index contributed by atoms with van der Waals surface area (Å²) in [6, 6.07) is 3.47. The van der Waals surface area contributed by atoms with E-state index in [2.05, 4.69) is 78.0 Å². The lowest BCUT2D eigenvalue weighted by atomic mass is 10.2. The van der Waals surface area contributed by atoms with Crippen molar-refractivity contribution < 1.29 is 18.8 Å². The Balaban J connectivity index is 3.05. The average Bonchev–Trinajstić information content (AvgIpc) is 2.48. The molecule has 160 valence electrons. The van der Waals surface area contributed by atoms with Crippen LogP contribution in [0.2, 0.25) is 36.3 Å². The minimum absolute atomic E-state index is 0.0954. The van der Waals surface area contributed by atoms with E-state index in [1.807, 2.05) is 0 Å². The molecule has 28 heavy (non-hydrogen) atoms. The van der Waals surface area contributed by atoms with Crippen LogP contribution in [0.15, 0.2) is 12.1 Å². The maximum atomic E-state index is 11.1. The van der Waals surface area contributed by atoms with Crippen LogP contribution in [0.4, 0.5) is 10.5 Å². The Bertz CT molecular complexity index is 644. The summed E-state index contributed by atoms with van der Waals surface area (Å²) >= 11 is 0. The maximum absolute atomic E-state index is 11.1. The summed E-state index contributed by atoms with van der Waals surface area (Å²) in [6.45, 7) is 22.6. The molecule has 0 unspecified atom stereocenters. The van der Waals surface area contributed by atoms with Gasteiger partial charge in [-0.05, 0) is 48.4 Å². The molecule has 0 radical (unpaired) electrons. The number of rotatable bonds is 7. The number of anilines is 1. The van der Waals surface area contributed by atoms with Gasteiger partial charge in [0, 0.05) is 5.69 Å². The molecule has 0 fully saturated rings. The molecule has 1 aromatic heterocycles. The van der Waals surface area contributed by atoms with Gasteiger partial charge in [0.05, 0.1) is 24.6 Å². The second kappa shape index (κ2) is 8.65. The third kappa shape index (κ3) is 6.98. The summed E-state index contributed by atoms with van der Waals surface area (Å²) in [5.74, 6) is 0. The summed E-state index contributed by atoms with van der Waals surface area (Å²) in [5, 5.41) is 11.7. The van der Waals surface area contributed by atoms with Crippen LogP contribution in [0.3, 0.4) is 0 Å². The summed E-state index contributed by atoms with van der Waals surface area (Å²) in [5.41, 5.74) is 1.92. The Hall–Kier alpha value is -1.23. The predicted octanol–water partition coefficient (Wildman–Crippen LogP) is 6.22. The van der Waals surface area contributed by atoms with Gasteiger partial charge in [-0.25, -0.2) is 4.79 Å². The van der Waals surface area contributed by atoms with Gasteiger partial charge in [-0.15, -0.1) is 0 Å². The third-order valence-electron chi connectivity index (χ3n) is 5.96. The zero-order valence-electron chi connectivity index (χ0n) is 19.2. The fourth-order valence-electron chi connectivity index (χ4n) is 1.93. The van der Waals surface area contributed by atoms with Crippen molar-refractivity contribution in [3.63, 3.8) is 0 Å². The second-order valence-corrected chi connectivity index (χ2v) is 20.0. The minimum atomic E-state index is -1.93. The predicted molar refractivity (Wildman–Crippen MR) is 120 cm³/mol. The molecule has 8 heteroatoms. The van der Waals surface area contributed by atoms with Crippen LogP contribution in [0.5, 0.6) is 0 Å².